The van der Waals surface area contributed by atoms with Crippen molar-refractivity contribution in [1.82, 2.24) is 15.5 Å². The van der Waals surface area contributed by atoms with E-state index in [-0.39, 0.29) is 25.2 Å². The fourth-order valence-corrected chi connectivity index (χ4v) is 2.11. The highest BCUT2D eigenvalue weighted by molar-refractivity contribution is 6.31. The second-order valence-corrected chi connectivity index (χ2v) is 5.76. The molecule has 0 fully saturated rings. The molecular weight excluding hydrogens is 377 g/mol. The Balaban J connectivity index is 2.54. The number of halogens is 4. The van der Waals surface area contributed by atoms with Crippen molar-refractivity contribution in [2.75, 3.05) is 32.5 Å². The monoisotopic (exact) mass is 394 g/mol. The zero-order chi connectivity index (χ0) is 19.9. The van der Waals surface area contributed by atoms with E-state index in [0.29, 0.717) is 0 Å². The van der Waals surface area contributed by atoms with Crippen LogP contribution in [-0.4, -0.2) is 49.9 Å². The molecule has 0 bridgehead atoms. The minimum atomic E-state index is -4.63. The molecule has 0 aliphatic heterocycles. The van der Waals surface area contributed by atoms with Gasteiger partial charge in [-0.3, -0.25) is 19.8 Å². The molecule has 0 atom stereocenters. The van der Waals surface area contributed by atoms with Crippen molar-refractivity contribution in [2.24, 2.45) is 0 Å². The Hall–Kier alpha value is -2.33. The first-order valence-corrected chi connectivity index (χ1v) is 7.77. The molecule has 3 N–H and O–H groups in total. The van der Waals surface area contributed by atoms with Crippen LogP contribution in [0.2, 0.25) is 5.02 Å². The highest BCUT2D eigenvalue weighted by atomic mass is 35.5. The molecule has 4 amide bonds. The van der Waals surface area contributed by atoms with Crippen LogP contribution in [0, 0.1) is 0 Å². The van der Waals surface area contributed by atoms with E-state index in [9.17, 15) is 27.6 Å². The van der Waals surface area contributed by atoms with E-state index in [1.54, 1.807) is 7.05 Å². The van der Waals surface area contributed by atoms with Crippen LogP contribution >= 0.6 is 11.6 Å². The zero-order valence-electron chi connectivity index (χ0n) is 14.0. The first kappa shape index (κ1) is 21.7. The number of likely N-dealkylation sites (N-methyl/N-ethyl adjacent to an activating group) is 1. The summed E-state index contributed by atoms with van der Waals surface area (Å²) < 4.78 is 38.4. The molecule has 144 valence electrons. The summed E-state index contributed by atoms with van der Waals surface area (Å²) in [5.41, 5.74) is -1.09. The second kappa shape index (κ2) is 9.39. The van der Waals surface area contributed by atoms with E-state index in [4.69, 9.17) is 11.6 Å². The molecule has 0 radical (unpaired) electrons. The summed E-state index contributed by atoms with van der Waals surface area (Å²) in [6, 6.07) is 2.41. The predicted molar refractivity (Wildman–Crippen MR) is 89.8 cm³/mol. The number of carbonyl (C=O) groups is 3. The molecule has 1 rings (SSSR count). The fraction of sp³-hybridized carbons (Fsp3) is 0.400. The van der Waals surface area contributed by atoms with Crippen molar-refractivity contribution < 1.29 is 27.6 Å². The standard InChI is InChI=1S/C15H18ClF3N4O3/c1-20-14(26)22-12(24)5-6-23(2)8-13(25)21-9-3-4-11(16)10(7-9)15(17,18)19/h3-4,7H,5-6,8H2,1-2H3,(H,21,25)(H2,20,22,24,26). The van der Waals surface area contributed by atoms with Gasteiger partial charge in [-0.2, -0.15) is 13.2 Å². The smallest absolute Gasteiger partial charge is 0.341 e. The molecule has 26 heavy (non-hydrogen) atoms. The number of imide groups is 1. The van der Waals surface area contributed by atoms with Crippen molar-refractivity contribution in [3.05, 3.63) is 28.8 Å². The molecule has 1 aromatic rings. The van der Waals surface area contributed by atoms with Crippen molar-refractivity contribution in [2.45, 2.75) is 12.6 Å². The van der Waals surface area contributed by atoms with Crippen LogP contribution in [0.4, 0.5) is 23.7 Å². The molecule has 7 nitrogen and oxygen atoms in total. The van der Waals surface area contributed by atoms with Crippen molar-refractivity contribution in [1.29, 1.82) is 0 Å². The number of anilines is 1. The molecule has 0 heterocycles. The van der Waals surface area contributed by atoms with E-state index < -0.39 is 34.6 Å². The third-order valence-electron chi connectivity index (χ3n) is 3.17. The topological polar surface area (TPSA) is 90.5 Å². The summed E-state index contributed by atoms with van der Waals surface area (Å²) in [5.74, 6) is -1.08. The largest absolute Gasteiger partial charge is 0.417 e. The van der Waals surface area contributed by atoms with Gasteiger partial charge in [-0.05, 0) is 25.2 Å². The maximum absolute atomic E-state index is 12.8. The summed E-state index contributed by atoms with van der Waals surface area (Å²) in [6.07, 6.45) is -4.66. The van der Waals surface area contributed by atoms with Gasteiger partial charge in [-0.25, -0.2) is 4.79 Å². The van der Waals surface area contributed by atoms with Crippen molar-refractivity contribution in [3.63, 3.8) is 0 Å². The van der Waals surface area contributed by atoms with Gasteiger partial charge in [0.1, 0.15) is 0 Å². The Bertz CT molecular complexity index is 683. The highest BCUT2D eigenvalue weighted by Crippen LogP contribution is 2.36. The van der Waals surface area contributed by atoms with Gasteiger partial charge in [0.15, 0.2) is 0 Å². The Morgan fingerprint density at radius 3 is 2.42 bits per heavy atom. The quantitative estimate of drug-likeness (QED) is 0.689. The highest BCUT2D eigenvalue weighted by Gasteiger charge is 2.33. The molecule has 0 aromatic heterocycles. The van der Waals surface area contributed by atoms with E-state index in [1.807, 2.05) is 0 Å². The number of alkyl halides is 3. The molecule has 0 aliphatic rings. The lowest BCUT2D eigenvalue weighted by molar-refractivity contribution is -0.137. The van der Waals surface area contributed by atoms with Crippen LogP contribution in [0.3, 0.4) is 0 Å². The third-order valence-corrected chi connectivity index (χ3v) is 3.50. The maximum atomic E-state index is 12.8. The lowest BCUT2D eigenvalue weighted by Gasteiger charge is -2.16. The number of nitrogens with one attached hydrogen (secondary N) is 3. The van der Waals surface area contributed by atoms with Crippen molar-refractivity contribution >= 4 is 35.1 Å². The first-order chi connectivity index (χ1) is 12.0. The van der Waals surface area contributed by atoms with Crippen LogP contribution in [0.5, 0.6) is 0 Å². The van der Waals surface area contributed by atoms with Crippen LogP contribution in [0.1, 0.15) is 12.0 Å². The SMILES string of the molecule is CNC(=O)NC(=O)CCN(C)CC(=O)Nc1ccc(Cl)c(C(F)(F)F)c1. The lowest BCUT2D eigenvalue weighted by atomic mass is 10.2. The lowest BCUT2D eigenvalue weighted by Crippen LogP contribution is -2.39. The fourth-order valence-electron chi connectivity index (χ4n) is 1.89. The Kier molecular flexibility index (Phi) is 7.84. The van der Waals surface area contributed by atoms with E-state index in [0.717, 1.165) is 12.1 Å². The van der Waals surface area contributed by atoms with Crippen LogP contribution in [0.15, 0.2) is 18.2 Å². The van der Waals surface area contributed by atoms with Gasteiger partial charge in [0.25, 0.3) is 0 Å². The second-order valence-electron chi connectivity index (χ2n) is 5.36. The van der Waals surface area contributed by atoms with Crippen molar-refractivity contribution in [3.8, 4) is 0 Å². The van der Waals surface area contributed by atoms with Crippen LogP contribution in [0.25, 0.3) is 0 Å². The summed E-state index contributed by atoms with van der Waals surface area (Å²) >= 11 is 5.51. The molecule has 0 saturated heterocycles. The van der Waals surface area contributed by atoms with Crippen LogP contribution < -0.4 is 16.0 Å². The zero-order valence-corrected chi connectivity index (χ0v) is 14.8. The van der Waals surface area contributed by atoms with Crippen LogP contribution in [-0.2, 0) is 15.8 Å². The average molecular weight is 395 g/mol. The van der Waals surface area contributed by atoms with Gasteiger partial charge in [0, 0.05) is 25.7 Å². The van der Waals surface area contributed by atoms with Gasteiger partial charge < -0.3 is 10.6 Å². The van der Waals surface area contributed by atoms with E-state index >= 15 is 0 Å². The molecule has 1 aromatic carbocycles. The summed E-state index contributed by atoms with van der Waals surface area (Å²) in [6.45, 7) is 0.0158. The Labute approximate surface area is 152 Å². The molecular formula is C15H18ClF3N4O3. The first-order valence-electron chi connectivity index (χ1n) is 7.39. The molecule has 0 aliphatic carbocycles. The van der Waals surface area contributed by atoms with Gasteiger partial charge >= 0.3 is 12.2 Å². The summed E-state index contributed by atoms with van der Waals surface area (Å²) in [5, 5.41) is 6.17. The minimum absolute atomic E-state index is 0.0314. The summed E-state index contributed by atoms with van der Waals surface area (Å²) in [7, 11) is 2.91. The number of rotatable bonds is 6. The number of nitrogens with zero attached hydrogens (tertiary/aromatic N) is 1. The van der Waals surface area contributed by atoms with Gasteiger partial charge in [0.05, 0.1) is 17.1 Å². The minimum Gasteiger partial charge on any atom is -0.341 e. The summed E-state index contributed by atoms with van der Waals surface area (Å²) in [4.78, 5) is 35.8. The van der Waals surface area contributed by atoms with Gasteiger partial charge in [-0.1, -0.05) is 11.6 Å². The molecule has 0 spiro atoms. The number of amides is 4. The average Bonchev–Trinajstić information content (AvgIpc) is 2.53. The third kappa shape index (κ3) is 7.28. The number of urea groups is 1. The molecule has 0 saturated carbocycles. The maximum Gasteiger partial charge on any atom is 0.417 e. The number of benzene rings is 1. The number of carbonyl (C=O) groups excluding carboxylic acids is 3. The van der Waals surface area contributed by atoms with E-state index in [2.05, 4.69) is 16.0 Å². The number of hydrogen-bond acceptors (Lipinski definition) is 4. The number of hydrogen-bond donors (Lipinski definition) is 3. The van der Waals surface area contributed by atoms with E-state index in [1.165, 1.54) is 18.0 Å². The Morgan fingerprint density at radius 2 is 1.85 bits per heavy atom. The predicted octanol–water partition coefficient (Wildman–Crippen LogP) is 2.07. The Morgan fingerprint density at radius 1 is 1.19 bits per heavy atom. The molecule has 0 unspecified atom stereocenters. The van der Waals surface area contributed by atoms with Gasteiger partial charge in [0.2, 0.25) is 11.8 Å². The normalized spacial score (nSPS) is 11.2. The van der Waals surface area contributed by atoms with Gasteiger partial charge in [-0.15, -0.1) is 0 Å². The molecule has 11 heteroatoms.